The molecule has 1 saturated carbocycles. The van der Waals surface area contributed by atoms with Crippen LogP contribution in [0.25, 0.3) is 33.6 Å². The first-order valence-corrected chi connectivity index (χ1v) is 14.8. The number of hydrogen-bond acceptors (Lipinski definition) is 6. The molecule has 11 heteroatoms. The molecule has 11 nitrogen and oxygen atoms in total. The van der Waals surface area contributed by atoms with E-state index in [0.29, 0.717) is 31.0 Å². The molecule has 0 saturated heterocycles. The zero-order valence-electron chi connectivity index (χ0n) is 25.1. The average Bonchev–Trinajstić information content (AvgIpc) is 3.34. The molecule has 0 bridgehead atoms. The van der Waals surface area contributed by atoms with E-state index < -0.39 is 11.7 Å². The molecule has 4 aromatic heterocycles. The second kappa shape index (κ2) is 11.5. The van der Waals surface area contributed by atoms with Gasteiger partial charge in [0.15, 0.2) is 5.82 Å². The van der Waals surface area contributed by atoms with Gasteiger partial charge in [0.2, 0.25) is 0 Å². The highest BCUT2D eigenvalue weighted by atomic mass is 16.6. The molecule has 1 aliphatic carbocycles. The number of amides is 2. The van der Waals surface area contributed by atoms with Crippen LogP contribution in [0.1, 0.15) is 49.7 Å². The minimum Gasteiger partial charge on any atom is -0.444 e. The van der Waals surface area contributed by atoms with Gasteiger partial charge in [-0.05, 0) is 75.9 Å². The summed E-state index contributed by atoms with van der Waals surface area (Å²) in [7, 11) is 2.01. The minimum atomic E-state index is -0.597. The lowest BCUT2D eigenvalue weighted by atomic mass is 10.1. The van der Waals surface area contributed by atoms with Crippen LogP contribution in [0.2, 0.25) is 0 Å². The summed E-state index contributed by atoms with van der Waals surface area (Å²) in [5.41, 5.74) is 4.57. The number of fused-ring (bicyclic) bond motifs is 2. The molecule has 43 heavy (non-hydrogen) atoms. The van der Waals surface area contributed by atoms with Gasteiger partial charge in [-0.1, -0.05) is 0 Å². The first-order valence-electron chi connectivity index (χ1n) is 14.8. The lowest BCUT2D eigenvalue weighted by Crippen LogP contribution is -2.41. The number of hydrogen-bond donors (Lipinski definition) is 2. The Hall–Kier alpha value is -4.67. The van der Waals surface area contributed by atoms with Gasteiger partial charge in [-0.2, -0.15) is 0 Å². The SMILES string of the molecule is Cn1c(-c2cc3cccnc3n2CC2CC2)nc2cc(C(=O)N(CCNC(=O)OC(C)(C)C)CCc3cnc[nH]3)ccc21. The van der Waals surface area contributed by atoms with E-state index >= 15 is 0 Å². The van der Waals surface area contributed by atoms with E-state index in [4.69, 9.17) is 9.72 Å². The van der Waals surface area contributed by atoms with Crippen molar-refractivity contribution in [1.29, 1.82) is 0 Å². The third-order valence-electron chi connectivity index (χ3n) is 7.69. The number of rotatable bonds is 10. The largest absolute Gasteiger partial charge is 0.444 e. The summed E-state index contributed by atoms with van der Waals surface area (Å²) in [6.45, 7) is 7.41. The van der Waals surface area contributed by atoms with Crippen LogP contribution in [0.3, 0.4) is 0 Å². The van der Waals surface area contributed by atoms with Crippen LogP contribution in [-0.4, -0.2) is 71.2 Å². The molecule has 0 atom stereocenters. The van der Waals surface area contributed by atoms with Crippen LogP contribution in [0.15, 0.2) is 55.1 Å². The first kappa shape index (κ1) is 28.4. The Balaban J connectivity index is 1.26. The quantitative estimate of drug-likeness (QED) is 0.241. The highest BCUT2D eigenvalue weighted by molar-refractivity contribution is 5.98. The number of ether oxygens (including phenoxy) is 1. The number of imidazole rings is 2. The van der Waals surface area contributed by atoms with Gasteiger partial charge in [0.1, 0.15) is 11.2 Å². The van der Waals surface area contributed by atoms with Gasteiger partial charge in [0.25, 0.3) is 5.91 Å². The second-order valence-electron chi connectivity index (χ2n) is 12.2. The number of benzene rings is 1. The Morgan fingerprint density at radius 2 is 2.00 bits per heavy atom. The summed E-state index contributed by atoms with van der Waals surface area (Å²) in [5.74, 6) is 1.38. The molecule has 0 unspecified atom stereocenters. The molecule has 0 aliphatic heterocycles. The van der Waals surface area contributed by atoms with E-state index in [0.717, 1.165) is 45.8 Å². The van der Waals surface area contributed by atoms with Crippen molar-refractivity contribution in [1.82, 2.24) is 39.3 Å². The van der Waals surface area contributed by atoms with Crippen LogP contribution in [0, 0.1) is 5.92 Å². The molecule has 2 N–H and O–H groups in total. The summed E-state index contributed by atoms with van der Waals surface area (Å²) >= 11 is 0. The molecule has 0 radical (unpaired) electrons. The molecule has 6 rings (SSSR count). The van der Waals surface area contributed by atoms with Crippen molar-refractivity contribution >= 4 is 34.1 Å². The average molecular weight is 583 g/mol. The predicted octanol–water partition coefficient (Wildman–Crippen LogP) is 4.93. The number of pyridine rings is 1. The number of nitrogens with one attached hydrogen (secondary N) is 2. The Bertz CT molecular complexity index is 1760. The molecule has 1 aromatic carbocycles. The maximum atomic E-state index is 13.8. The lowest BCUT2D eigenvalue weighted by Gasteiger charge is -2.24. The van der Waals surface area contributed by atoms with Crippen molar-refractivity contribution < 1.29 is 14.3 Å². The first-order chi connectivity index (χ1) is 20.7. The highest BCUT2D eigenvalue weighted by Crippen LogP contribution is 2.36. The smallest absolute Gasteiger partial charge is 0.407 e. The molecule has 0 spiro atoms. The Kier molecular flexibility index (Phi) is 7.64. The van der Waals surface area contributed by atoms with Gasteiger partial charge >= 0.3 is 6.09 Å². The van der Waals surface area contributed by atoms with Gasteiger partial charge in [-0.25, -0.2) is 19.7 Å². The van der Waals surface area contributed by atoms with Crippen LogP contribution >= 0.6 is 0 Å². The minimum absolute atomic E-state index is 0.133. The fourth-order valence-corrected chi connectivity index (χ4v) is 5.36. The van der Waals surface area contributed by atoms with Crippen molar-refractivity contribution in [2.24, 2.45) is 13.0 Å². The fraction of sp³-hybridized carbons (Fsp3) is 0.406. The molecule has 5 aromatic rings. The Morgan fingerprint density at radius 1 is 1.16 bits per heavy atom. The number of aromatic amines is 1. The van der Waals surface area contributed by atoms with Crippen molar-refractivity contribution in [2.75, 3.05) is 19.6 Å². The second-order valence-corrected chi connectivity index (χ2v) is 12.2. The standard InChI is InChI=1S/C32H38N8O3/c1-32(2,3)43-31(42)35-13-15-39(14-11-24-18-33-20-36-24)30(41)23-9-10-26-25(16-23)37-29(38(26)4)27-17-22-6-5-12-34-28(22)40(27)19-21-7-8-21/h5-6,9-10,12,16-18,20-21H,7-8,11,13-15,19H2,1-4H3,(H,33,36)(H,35,42). The van der Waals surface area contributed by atoms with Crippen molar-refractivity contribution in [3.63, 3.8) is 0 Å². The van der Waals surface area contributed by atoms with E-state index in [-0.39, 0.29) is 12.5 Å². The van der Waals surface area contributed by atoms with Crippen molar-refractivity contribution in [3.8, 4) is 11.5 Å². The summed E-state index contributed by atoms with van der Waals surface area (Å²) in [6.07, 6.45) is 7.79. The van der Waals surface area contributed by atoms with Gasteiger partial charge in [-0.3, -0.25) is 4.79 Å². The number of aryl methyl sites for hydroxylation is 1. The van der Waals surface area contributed by atoms with Gasteiger partial charge in [0, 0.05) is 68.7 Å². The van der Waals surface area contributed by atoms with Crippen LogP contribution in [0.5, 0.6) is 0 Å². The third kappa shape index (κ3) is 6.40. The lowest BCUT2D eigenvalue weighted by molar-refractivity contribution is 0.0514. The summed E-state index contributed by atoms with van der Waals surface area (Å²) < 4.78 is 9.72. The summed E-state index contributed by atoms with van der Waals surface area (Å²) in [5, 5.41) is 3.86. The molecular weight excluding hydrogens is 544 g/mol. The Labute approximate surface area is 250 Å². The van der Waals surface area contributed by atoms with E-state index in [2.05, 4.69) is 41.5 Å². The zero-order chi connectivity index (χ0) is 30.1. The van der Waals surface area contributed by atoms with E-state index in [1.165, 1.54) is 12.8 Å². The zero-order valence-corrected chi connectivity index (χ0v) is 25.1. The predicted molar refractivity (Wildman–Crippen MR) is 165 cm³/mol. The van der Waals surface area contributed by atoms with Crippen molar-refractivity contribution in [3.05, 3.63) is 66.4 Å². The van der Waals surface area contributed by atoms with Gasteiger partial charge in [-0.15, -0.1) is 0 Å². The van der Waals surface area contributed by atoms with E-state index in [9.17, 15) is 9.59 Å². The third-order valence-corrected chi connectivity index (χ3v) is 7.69. The molecule has 224 valence electrons. The highest BCUT2D eigenvalue weighted by Gasteiger charge is 2.26. The van der Waals surface area contributed by atoms with Crippen LogP contribution in [0.4, 0.5) is 4.79 Å². The fourth-order valence-electron chi connectivity index (χ4n) is 5.36. The molecule has 1 aliphatic rings. The Morgan fingerprint density at radius 3 is 2.74 bits per heavy atom. The monoisotopic (exact) mass is 582 g/mol. The maximum Gasteiger partial charge on any atom is 0.407 e. The normalized spacial score (nSPS) is 13.5. The van der Waals surface area contributed by atoms with E-state index in [1.807, 2.05) is 58.3 Å². The molecular formula is C32H38N8O3. The molecule has 2 amide bonds. The van der Waals surface area contributed by atoms with Gasteiger partial charge in [0.05, 0.1) is 23.1 Å². The van der Waals surface area contributed by atoms with E-state index in [1.54, 1.807) is 17.4 Å². The number of H-pyrrole nitrogens is 1. The number of carbonyl (C=O) groups excluding carboxylic acids is 2. The molecule has 1 fully saturated rings. The number of nitrogens with zero attached hydrogens (tertiary/aromatic N) is 6. The summed E-state index contributed by atoms with van der Waals surface area (Å²) in [6, 6.07) is 11.9. The number of alkyl carbamates (subject to hydrolysis) is 1. The van der Waals surface area contributed by atoms with Crippen molar-refractivity contribution in [2.45, 2.75) is 52.2 Å². The van der Waals surface area contributed by atoms with Gasteiger partial charge < -0.3 is 29.1 Å². The van der Waals surface area contributed by atoms with Crippen LogP contribution in [-0.2, 0) is 24.8 Å². The maximum absolute atomic E-state index is 13.8. The van der Waals surface area contributed by atoms with Crippen LogP contribution < -0.4 is 5.32 Å². The number of aromatic nitrogens is 6. The number of carbonyl (C=O) groups is 2. The molecule has 4 heterocycles. The topological polar surface area (TPSA) is 123 Å². The summed E-state index contributed by atoms with van der Waals surface area (Å²) in [4.78, 5) is 44.6.